The summed E-state index contributed by atoms with van der Waals surface area (Å²) in [6.07, 6.45) is 0. The number of thioether (sulfide) groups is 1. The molecule has 0 atom stereocenters. The molecule has 0 unspecified atom stereocenters. The van der Waals surface area contributed by atoms with Crippen LogP contribution in [-0.4, -0.2) is 44.6 Å². The Morgan fingerprint density at radius 3 is 2.52 bits per heavy atom. The van der Waals surface area contributed by atoms with E-state index < -0.39 is 0 Å². The molecule has 0 saturated heterocycles. The van der Waals surface area contributed by atoms with Gasteiger partial charge in [-0.3, -0.25) is 4.79 Å². The van der Waals surface area contributed by atoms with E-state index in [1.807, 2.05) is 73.3 Å². The molecule has 0 saturated carbocycles. The number of carbonyl (C=O) groups is 1. The largest absolute Gasteiger partial charge is 0.496 e. The fraction of sp³-hybridized carbons (Fsp3) is 0.286. The fourth-order valence-corrected chi connectivity index (χ4v) is 3.68. The third-order valence-corrected chi connectivity index (χ3v) is 5.40. The van der Waals surface area contributed by atoms with E-state index in [9.17, 15) is 4.79 Å². The smallest absolute Gasteiger partial charge is 0.233 e. The number of benzene rings is 2. The maximum absolute atomic E-state index is 12.8. The van der Waals surface area contributed by atoms with Gasteiger partial charge < -0.3 is 15.5 Å². The molecule has 0 bridgehead atoms. The molecule has 0 radical (unpaired) electrons. The quantitative estimate of drug-likeness (QED) is 0.452. The SMILES string of the molecule is COc1ccccc1-c1nnc(SCC(=O)N(Cc2ccccc2)C(C)C)n1N. The Morgan fingerprint density at radius 1 is 1.14 bits per heavy atom. The maximum atomic E-state index is 12.8. The summed E-state index contributed by atoms with van der Waals surface area (Å²) in [4.78, 5) is 14.7. The molecule has 1 aromatic heterocycles. The van der Waals surface area contributed by atoms with Gasteiger partial charge in [-0.1, -0.05) is 54.2 Å². The molecule has 3 aromatic rings. The second-order valence-electron chi connectivity index (χ2n) is 6.77. The van der Waals surface area contributed by atoms with Crippen molar-refractivity contribution in [3.8, 4) is 17.1 Å². The average Bonchev–Trinajstić information content (AvgIpc) is 3.10. The first kappa shape index (κ1) is 20.7. The summed E-state index contributed by atoms with van der Waals surface area (Å²) in [5, 5.41) is 8.81. The highest BCUT2D eigenvalue weighted by Gasteiger charge is 2.20. The minimum Gasteiger partial charge on any atom is -0.496 e. The van der Waals surface area contributed by atoms with Crippen LogP contribution in [0.2, 0.25) is 0 Å². The van der Waals surface area contributed by atoms with Crippen molar-refractivity contribution >= 4 is 17.7 Å². The summed E-state index contributed by atoms with van der Waals surface area (Å²) >= 11 is 1.27. The van der Waals surface area contributed by atoms with Gasteiger partial charge in [-0.15, -0.1) is 10.2 Å². The standard InChI is InChI=1S/C21H25N5O2S/c1-15(2)25(13-16-9-5-4-6-10-16)19(27)14-29-21-24-23-20(26(21)22)17-11-7-8-12-18(17)28-3/h4-12,15H,13-14,22H2,1-3H3. The Balaban J connectivity index is 1.70. The van der Waals surface area contributed by atoms with Crippen LogP contribution in [0.4, 0.5) is 0 Å². The van der Waals surface area contributed by atoms with Gasteiger partial charge in [0, 0.05) is 12.6 Å². The number of methoxy groups -OCH3 is 1. The van der Waals surface area contributed by atoms with Gasteiger partial charge in [-0.2, -0.15) is 0 Å². The highest BCUT2D eigenvalue weighted by atomic mass is 32.2. The Bertz CT molecular complexity index is 959. The third kappa shape index (κ3) is 4.89. The van der Waals surface area contributed by atoms with Crippen LogP contribution in [0.1, 0.15) is 19.4 Å². The van der Waals surface area contributed by atoms with Crippen LogP contribution in [0, 0.1) is 0 Å². The fourth-order valence-electron chi connectivity index (χ4n) is 2.94. The number of nitrogens with zero attached hydrogens (tertiary/aromatic N) is 4. The normalized spacial score (nSPS) is 10.9. The zero-order chi connectivity index (χ0) is 20.8. The van der Waals surface area contributed by atoms with Crippen LogP contribution in [-0.2, 0) is 11.3 Å². The molecule has 0 aliphatic rings. The summed E-state index contributed by atoms with van der Waals surface area (Å²) in [5.41, 5.74) is 1.84. The van der Waals surface area contributed by atoms with E-state index in [1.165, 1.54) is 16.4 Å². The predicted octanol–water partition coefficient (Wildman–Crippen LogP) is 3.20. The molecule has 0 spiro atoms. The van der Waals surface area contributed by atoms with Crippen molar-refractivity contribution in [2.75, 3.05) is 18.7 Å². The van der Waals surface area contributed by atoms with Crippen molar-refractivity contribution in [2.45, 2.75) is 31.6 Å². The predicted molar refractivity (Wildman–Crippen MR) is 115 cm³/mol. The molecule has 7 nitrogen and oxygen atoms in total. The Hall–Kier alpha value is -3.00. The number of rotatable bonds is 8. The highest BCUT2D eigenvalue weighted by Crippen LogP contribution is 2.29. The van der Waals surface area contributed by atoms with E-state index in [2.05, 4.69) is 10.2 Å². The van der Waals surface area contributed by atoms with Gasteiger partial charge in [0.1, 0.15) is 5.75 Å². The van der Waals surface area contributed by atoms with E-state index >= 15 is 0 Å². The monoisotopic (exact) mass is 411 g/mol. The molecule has 0 fully saturated rings. The molecule has 29 heavy (non-hydrogen) atoms. The average molecular weight is 412 g/mol. The zero-order valence-electron chi connectivity index (χ0n) is 16.8. The number of carbonyl (C=O) groups excluding carboxylic acids is 1. The van der Waals surface area contributed by atoms with E-state index in [-0.39, 0.29) is 17.7 Å². The van der Waals surface area contributed by atoms with Gasteiger partial charge in [0.15, 0.2) is 5.82 Å². The number of ether oxygens (including phenoxy) is 1. The van der Waals surface area contributed by atoms with E-state index in [0.717, 1.165) is 11.1 Å². The highest BCUT2D eigenvalue weighted by molar-refractivity contribution is 7.99. The first-order valence-corrected chi connectivity index (χ1v) is 10.3. The van der Waals surface area contributed by atoms with Gasteiger partial charge >= 0.3 is 0 Å². The second kappa shape index (κ2) is 9.47. The maximum Gasteiger partial charge on any atom is 0.233 e. The number of aromatic nitrogens is 3. The molecular weight excluding hydrogens is 386 g/mol. The van der Waals surface area contributed by atoms with Crippen LogP contribution < -0.4 is 10.6 Å². The molecule has 0 aliphatic heterocycles. The molecule has 2 aromatic carbocycles. The number of nitrogens with two attached hydrogens (primary N) is 1. The minimum absolute atomic E-state index is 0.0238. The van der Waals surface area contributed by atoms with E-state index in [1.54, 1.807) is 7.11 Å². The molecule has 3 rings (SSSR count). The summed E-state index contributed by atoms with van der Waals surface area (Å²) in [6, 6.07) is 17.5. The summed E-state index contributed by atoms with van der Waals surface area (Å²) in [6.45, 7) is 4.59. The number of amides is 1. The lowest BCUT2D eigenvalue weighted by atomic mass is 10.2. The van der Waals surface area contributed by atoms with Gasteiger partial charge in [-0.05, 0) is 31.5 Å². The van der Waals surface area contributed by atoms with Crippen molar-refractivity contribution in [1.29, 1.82) is 0 Å². The van der Waals surface area contributed by atoms with Crippen molar-refractivity contribution in [3.63, 3.8) is 0 Å². The molecule has 152 valence electrons. The first-order chi connectivity index (χ1) is 14.0. The lowest BCUT2D eigenvalue weighted by Crippen LogP contribution is -2.37. The topological polar surface area (TPSA) is 86.3 Å². The minimum atomic E-state index is 0.0238. The summed E-state index contributed by atoms with van der Waals surface area (Å²) in [5.74, 6) is 7.60. The van der Waals surface area contributed by atoms with Crippen molar-refractivity contribution in [1.82, 2.24) is 19.8 Å². The summed E-state index contributed by atoms with van der Waals surface area (Å²) < 4.78 is 6.77. The van der Waals surface area contributed by atoms with Gasteiger partial charge in [-0.25, -0.2) is 4.68 Å². The van der Waals surface area contributed by atoms with Crippen molar-refractivity contribution in [2.24, 2.45) is 0 Å². The lowest BCUT2D eigenvalue weighted by Gasteiger charge is -2.26. The summed E-state index contributed by atoms with van der Waals surface area (Å²) in [7, 11) is 1.59. The van der Waals surface area contributed by atoms with Gasteiger partial charge in [0.05, 0.1) is 18.4 Å². The van der Waals surface area contributed by atoms with Crippen LogP contribution in [0.25, 0.3) is 11.4 Å². The van der Waals surface area contributed by atoms with Crippen LogP contribution >= 0.6 is 11.8 Å². The molecular formula is C21H25N5O2S. The van der Waals surface area contributed by atoms with Gasteiger partial charge in [0.2, 0.25) is 11.1 Å². The Morgan fingerprint density at radius 2 is 1.83 bits per heavy atom. The Kier molecular flexibility index (Phi) is 6.77. The number of para-hydroxylation sites is 1. The molecule has 1 heterocycles. The molecule has 8 heteroatoms. The lowest BCUT2D eigenvalue weighted by molar-refractivity contribution is -0.130. The number of hydrogen-bond donors (Lipinski definition) is 1. The van der Waals surface area contributed by atoms with Crippen molar-refractivity contribution in [3.05, 3.63) is 60.2 Å². The number of nitrogen functional groups attached to an aromatic ring is 1. The van der Waals surface area contributed by atoms with Crippen LogP contribution in [0.15, 0.2) is 59.8 Å². The van der Waals surface area contributed by atoms with Crippen molar-refractivity contribution < 1.29 is 9.53 Å². The van der Waals surface area contributed by atoms with Gasteiger partial charge in [0.25, 0.3) is 0 Å². The zero-order valence-corrected chi connectivity index (χ0v) is 17.6. The molecule has 1 amide bonds. The Labute approximate surface area is 174 Å². The van der Waals surface area contributed by atoms with Crippen LogP contribution in [0.5, 0.6) is 5.75 Å². The third-order valence-electron chi connectivity index (χ3n) is 4.48. The van der Waals surface area contributed by atoms with Crippen LogP contribution in [0.3, 0.4) is 0 Å². The second-order valence-corrected chi connectivity index (χ2v) is 7.71. The van der Waals surface area contributed by atoms with E-state index in [0.29, 0.717) is 23.3 Å². The first-order valence-electron chi connectivity index (χ1n) is 9.31. The molecule has 2 N–H and O–H groups in total. The molecule has 0 aliphatic carbocycles. The number of hydrogen-bond acceptors (Lipinski definition) is 6. The van der Waals surface area contributed by atoms with E-state index in [4.69, 9.17) is 10.6 Å².